The van der Waals surface area contributed by atoms with Gasteiger partial charge in [-0.1, -0.05) is 0 Å². The van der Waals surface area contributed by atoms with Crippen molar-refractivity contribution in [1.29, 1.82) is 0 Å². The molecule has 0 rings (SSSR count). The fourth-order valence-corrected chi connectivity index (χ4v) is 0. The normalized spacial score (nSPS) is 6.00. The molecule has 0 aliphatic heterocycles. The molecule has 3 nitrogen and oxygen atoms in total. The molecule has 32 valence electrons. The van der Waals surface area contributed by atoms with Crippen LogP contribution in [0.1, 0.15) is 0 Å². The van der Waals surface area contributed by atoms with Crippen molar-refractivity contribution < 1.29 is 58.9 Å². The third-order valence-corrected chi connectivity index (χ3v) is 0. The average Bonchev–Trinajstić information content (AvgIpc) is 0.811. The zero-order valence-corrected chi connectivity index (χ0v) is 8.01. The van der Waals surface area contributed by atoms with Gasteiger partial charge in [0.2, 0.25) is 0 Å². The van der Waals surface area contributed by atoms with Crippen LogP contribution in [-0.4, -0.2) is 15.7 Å². The predicted molar refractivity (Wildman–Crippen MR) is 5.75 cm³/mol. The van der Waals surface area contributed by atoms with E-state index < -0.39 is 15.7 Å². The molecule has 0 aromatic heterocycles. The summed E-state index contributed by atoms with van der Waals surface area (Å²) in [5, 5.41) is 0. The first-order chi connectivity index (χ1) is 1.73. The second-order valence-electron chi connectivity index (χ2n) is 0.224. The zero-order chi connectivity index (χ0) is 3.58. The molecule has 0 bridgehead atoms. The maximum absolute atomic E-state index is 8.56. The molecule has 6 heavy (non-hydrogen) atoms. The van der Waals surface area contributed by atoms with Gasteiger partial charge in [-0.2, -0.15) is 0 Å². The molecule has 0 aliphatic rings. The summed E-state index contributed by atoms with van der Waals surface area (Å²) in [4.78, 5) is 0. The van der Waals surface area contributed by atoms with Crippen LogP contribution in [0, 0.1) is 0 Å². The van der Waals surface area contributed by atoms with Crippen molar-refractivity contribution in [3.8, 4) is 0 Å². The van der Waals surface area contributed by atoms with Crippen molar-refractivity contribution >= 4 is 15.7 Å². The fourth-order valence-electron chi connectivity index (χ4n) is 0. The van der Waals surface area contributed by atoms with Crippen LogP contribution in [0.15, 0.2) is 0 Å². The molecule has 0 aliphatic carbocycles. The Morgan fingerprint density at radius 2 is 1.00 bits per heavy atom. The third-order valence-electron chi connectivity index (χ3n) is 0. The van der Waals surface area contributed by atoms with Gasteiger partial charge in [0.1, 0.15) is 0 Å². The van der Waals surface area contributed by atoms with Gasteiger partial charge in [0.25, 0.3) is 0 Å². The molecule has 0 aromatic carbocycles. The van der Waals surface area contributed by atoms with Crippen molar-refractivity contribution in [2.45, 2.75) is 0 Å². The Balaban J connectivity index is -0.0000000450. The third kappa shape index (κ3) is 38.2. The van der Waals surface area contributed by atoms with Crippen molar-refractivity contribution in [1.82, 2.24) is 0 Å². The molecule has 0 atom stereocenters. The second kappa shape index (κ2) is 10.0. The Labute approximate surface area is 73.8 Å². The van der Waals surface area contributed by atoms with Crippen LogP contribution in [0.2, 0.25) is 0 Å². The molecule has 0 fully saturated rings. The second-order valence-corrected chi connectivity index (χ2v) is 1.16. The van der Waals surface area contributed by atoms with Crippen LogP contribution in [0.3, 0.4) is 0 Å². The standard InChI is InChI=1S/AsO3.Fe.Na/c2-1(3)4;;/q-3;+2;+1. The van der Waals surface area contributed by atoms with Crippen LogP contribution < -0.4 is 41.8 Å². The van der Waals surface area contributed by atoms with Crippen LogP contribution in [-0.2, 0) is 17.1 Å². The minimum atomic E-state index is -3.94. The molecule has 0 aromatic rings. The molecule has 0 unspecified atom stereocenters. The Hall–Kier alpha value is 1.96. The van der Waals surface area contributed by atoms with Gasteiger partial charge in [0.15, 0.2) is 0 Å². The molecule has 0 radical (unpaired) electrons. The maximum atomic E-state index is 8.56. The van der Waals surface area contributed by atoms with E-state index in [4.69, 9.17) is 12.3 Å². The molecular weight excluding hydrogens is 202 g/mol. The van der Waals surface area contributed by atoms with E-state index in [-0.39, 0.29) is 46.6 Å². The number of hydrogen-bond donors (Lipinski definition) is 0. The summed E-state index contributed by atoms with van der Waals surface area (Å²) < 4.78 is 25.7. The number of rotatable bonds is 0. The molecule has 0 saturated carbocycles. The Bertz CT molecular complexity index is 15.5. The summed E-state index contributed by atoms with van der Waals surface area (Å²) in [5.74, 6) is 0. The minimum absolute atomic E-state index is 0. The fraction of sp³-hybridized carbons (Fsp3) is 0. The van der Waals surface area contributed by atoms with Gasteiger partial charge >= 0.3 is 74.6 Å². The molecule has 0 N–H and O–H groups in total. The van der Waals surface area contributed by atoms with Crippen LogP contribution in [0.5, 0.6) is 0 Å². The topological polar surface area (TPSA) is 69.2 Å². The van der Waals surface area contributed by atoms with Crippen molar-refractivity contribution in [2.24, 2.45) is 0 Å². The van der Waals surface area contributed by atoms with E-state index >= 15 is 0 Å². The van der Waals surface area contributed by atoms with E-state index in [1.807, 2.05) is 0 Å². The quantitative estimate of drug-likeness (QED) is 0.366. The summed E-state index contributed by atoms with van der Waals surface area (Å²) in [6.07, 6.45) is 0. The van der Waals surface area contributed by atoms with E-state index in [1.165, 1.54) is 0 Å². The SMILES string of the molecule is [Fe+2].[Na+].[O-][As]([O-])[O-]. The van der Waals surface area contributed by atoms with Gasteiger partial charge in [-0.25, -0.2) is 0 Å². The van der Waals surface area contributed by atoms with Gasteiger partial charge in [-0.05, 0) is 0 Å². The van der Waals surface area contributed by atoms with Crippen molar-refractivity contribution in [3.63, 3.8) is 0 Å². The van der Waals surface area contributed by atoms with E-state index in [1.54, 1.807) is 0 Å². The Morgan fingerprint density at radius 1 is 1.00 bits per heavy atom. The summed E-state index contributed by atoms with van der Waals surface area (Å²) in [6, 6.07) is 0. The zero-order valence-electron chi connectivity index (χ0n) is 3.03. The molecule has 0 spiro atoms. The molecule has 6 heteroatoms. The van der Waals surface area contributed by atoms with Gasteiger partial charge in [-0.15, -0.1) is 0 Å². The number of hydrogen-bond acceptors (Lipinski definition) is 3. The molecule has 0 saturated heterocycles. The van der Waals surface area contributed by atoms with Crippen molar-refractivity contribution in [2.75, 3.05) is 0 Å². The van der Waals surface area contributed by atoms with E-state index in [0.29, 0.717) is 0 Å². The van der Waals surface area contributed by atoms with Crippen LogP contribution in [0.25, 0.3) is 0 Å². The first-order valence-electron chi connectivity index (χ1n) is 0.548. The predicted octanol–water partition coefficient (Wildman–Crippen LogP) is -6.95. The summed E-state index contributed by atoms with van der Waals surface area (Å²) in [6.45, 7) is 0. The first-order valence-corrected chi connectivity index (χ1v) is 2.85. The first kappa shape index (κ1) is 15.7. The average molecular weight is 202 g/mol. The van der Waals surface area contributed by atoms with Gasteiger partial charge in [0.05, 0.1) is 0 Å². The van der Waals surface area contributed by atoms with Crippen LogP contribution in [0.4, 0.5) is 0 Å². The van der Waals surface area contributed by atoms with Gasteiger partial charge < -0.3 is 0 Å². The van der Waals surface area contributed by atoms with Crippen molar-refractivity contribution in [3.05, 3.63) is 0 Å². The van der Waals surface area contributed by atoms with Crippen LogP contribution >= 0.6 is 0 Å². The Morgan fingerprint density at radius 3 is 1.00 bits per heavy atom. The molecular formula is AsFeNaO3. The summed E-state index contributed by atoms with van der Waals surface area (Å²) in [7, 11) is 0. The van der Waals surface area contributed by atoms with Gasteiger partial charge in [0, 0.05) is 0 Å². The monoisotopic (exact) mass is 202 g/mol. The van der Waals surface area contributed by atoms with Gasteiger partial charge in [-0.3, -0.25) is 0 Å². The summed E-state index contributed by atoms with van der Waals surface area (Å²) >= 11 is -3.94. The van der Waals surface area contributed by atoms with E-state index in [9.17, 15) is 0 Å². The molecule has 0 heterocycles. The van der Waals surface area contributed by atoms with E-state index in [0.717, 1.165) is 0 Å². The summed E-state index contributed by atoms with van der Waals surface area (Å²) in [5.41, 5.74) is 0. The Kier molecular flexibility index (Phi) is 26.2. The molecule has 0 amide bonds. The van der Waals surface area contributed by atoms with E-state index in [2.05, 4.69) is 0 Å².